The normalized spacial score (nSPS) is 6.81. The third-order valence-electron chi connectivity index (χ3n) is 0.612. The topological polar surface area (TPSA) is 140 Å². The van der Waals surface area contributed by atoms with E-state index in [1.807, 2.05) is 0 Å². The minimum atomic E-state index is -6.08. The van der Waals surface area contributed by atoms with E-state index in [0.29, 0.717) is 0 Å². The van der Waals surface area contributed by atoms with Gasteiger partial charge in [-0.1, -0.05) is 0 Å². The van der Waals surface area contributed by atoms with Crippen molar-refractivity contribution in [1.29, 1.82) is 0 Å². The van der Waals surface area contributed by atoms with E-state index in [4.69, 9.17) is 33.2 Å². The van der Waals surface area contributed by atoms with Gasteiger partial charge in [-0.3, -0.25) is 0 Å². The van der Waals surface area contributed by atoms with Gasteiger partial charge in [-0.15, -0.1) is 0 Å². The second kappa shape index (κ2) is 31.1. The summed E-state index contributed by atoms with van der Waals surface area (Å²) < 4.78 is 92.8. The van der Waals surface area contributed by atoms with Gasteiger partial charge in [0.25, 0.3) is 0 Å². The molecule has 0 rings (SSSR count). The van der Waals surface area contributed by atoms with Gasteiger partial charge in [0.05, 0.1) is 0 Å². The van der Waals surface area contributed by atoms with Crippen LogP contribution in [-0.2, 0) is 48.5 Å². The Morgan fingerprint density at radius 2 is 0.857 bits per heavy atom. The molecule has 0 aromatic carbocycles. The minimum absolute atomic E-state index is 0. The summed E-state index contributed by atoms with van der Waals surface area (Å²) >= 11 is 0. The number of hydrogen-bond donors (Lipinski definition) is 0. The van der Waals surface area contributed by atoms with Gasteiger partial charge >= 0.3 is 68.6 Å². The summed E-state index contributed by atoms with van der Waals surface area (Å²) in [5, 5.41) is 9.09. The first-order valence-corrected chi connectivity index (χ1v) is 2.87. The van der Waals surface area contributed by atoms with Crippen LogP contribution in [0.5, 0.6) is 0 Å². The van der Waals surface area contributed by atoms with Crippen molar-refractivity contribution >= 4 is 5.97 Å². The summed E-state index contributed by atoms with van der Waals surface area (Å²) in [6.07, 6.45) is -6.08. The molecule has 0 amide bonds. The van der Waals surface area contributed by atoms with Gasteiger partial charge in [0.15, 0.2) is 0 Å². The molecule has 0 saturated carbocycles. The molecular weight excluding hydrogens is 489 g/mol. The quantitative estimate of drug-likeness (QED) is 0.285. The molecule has 13 heteroatoms. The maximum atomic E-state index is 11.3. The fourth-order valence-corrected chi connectivity index (χ4v) is 0.116. The van der Waals surface area contributed by atoms with Crippen LogP contribution in [0.4, 0.5) is 22.0 Å². The molecular formula is C8F5O7Re-. The Balaban J connectivity index is -0.0000000303. The average Bonchev–Trinajstić information content (AvgIpc) is 2.48. The molecule has 0 heterocycles. The number of carboxylic acid groups (broad SMARTS) is 1. The summed E-state index contributed by atoms with van der Waals surface area (Å²) in [7, 11) is 0. The van der Waals surface area contributed by atoms with E-state index >= 15 is 0 Å². The Hall–Kier alpha value is -1.52. The number of carboxylic acids is 1. The first kappa shape index (κ1) is 42.7. The predicted molar refractivity (Wildman–Crippen MR) is 35.7 cm³/mol. The van der Waals surface area contributed by atoms with Crippen LogP contribution in [0.3, 0.4) is 0 Å². The molecule has 0 spiro atoms. The van der Waals surface area contributed by atoms with Gasteiger partial charge in [0.1, 0.15) is 5.97 Å². The first-order chi connectivity index (χ1) is 9.19. The van der Waals surface area contributed by atoms with Gasteiger partial charge in [-0.25, -0.2) is 0 Å². The van der Waals surface area contributed by atoms with Crippen molar-refractivity contribution in [2.45, 2.75) is 12.1 Å². The Morgan fingerprint density at radius 1 is 0.714 bits per heavy atom. The van der Waals surface area contributed by atoms with Crippen molar-refractivity contribution in [3.8, 4) is 0 Å². The monoisotopic (exact) mass is 490 g/mol. The molecule has 117 valence electrons. The molecule has 7 nitrogen and oxygen atoms in total. The van der Waals surface area contributed by atoms with E-state index in [-0.39, 0.29) is 20.4 Å². The van der Waals surface area contributed by atoms with Gasteiger partial charge in [0.2, 0.25) is 0 Å². The smallest absolute Gasteiger partial charge is 0 e. The van der Waals surface area contributed by atoms with E-state index < -0.39 is 18.1 Å². The molecule has 0 aromatic rings. The van der Waals surface area contributed by atoms with E-state index in [9.17, 15) is 22.0 Å². The minimum Gasteiger partial charge on any atom is 0 e. The number of carbonyl (C=O) groups is 1. The first-order valence-electron chi connectivity index (χ1n) is 2.87. The molecule has 0 aromatic heterocycles. The van der Waals surface area contributed by atoms with Crippen LogP contribution >= 0.6 is 0 Å². The van der Waals surface area contributed by atoms with Gasteiger partial charge < -0.3 is 9.90 Å². The Morgan fingerprint density at radius 3 is 0.857 bits per heavy atom. The number of halogens is 5. The molecule has 0 bridgehead atoms. The molecule has 0 N–H and O–H groups in total. The second-order valence-electron chi connectivity index (χ2n) is 1.36. The fraction of sp³-hybridized carbons (Fsp3) is 0.250. The van der Waals surface area contributed by atoms with Crippen molar-refractivity contribution in [3.63, 3.8) is 0 Å². The summed E-state index contributed by atoms with van der Waals surface area (Å²) in [5.74, 6) is -9.20. The summed E-state index contributed by atoms with van der Waals surface area (Å²) in [6, 6.07) is 0. The van der Waals surface area contributed by atoms with E-state index in [1.54, 1.807) is 0 Å². The molecule has 0 aliphatic rings. The average molecular weight is 489 g/mol. The maximum absolute atomic E-state index is 11.3. The molecule has 21 heavy (non-hydrogen) atoms. The molecule has 0 atom stereocenters. The van der Waals surface area contributed by atoms with Crippen LogP contribution in [0.25, 0.3) is 0 Å². The zero-order valence-corrected chi connectivity index (χ0v) is 11.8. The summed E-state index contributed by atoms with van der Waals surface area (Å²) in [4.78, 5) is 9.09. The van der Waals surface area contributed by atoms with Gasteiger partial charge in [-0.05, 0) is 0 Å². The van der Waals surface area contributed by atoms with Crippen molar-refractivity contribution in [2.75, 3.05) is 0 Å². The molecule has 0 aliphatic heterocycles. The second-order valence-corrected chi connectivity index (χ2v) is 1.36. The van der Waals surface area contributed by atoms with E-state index in [0.717, 1.165) is 0 Å². The fourth-order valence-electron chi connectivity index (χ4n) is 0.116. The van der Waals surface area contributed by atoms with Crippen LogP contribution in [0, 0.1) is 33.3 Å². The number of carbonyl (C=O) groups excluding carboxylic acids is 1. The number of aliphatic carboxylic acids is 1. The van der Waals surface area contributed by atoms with Crippen molar-refractivity contribution in [1.82, 2.24) is 0 Å². The Bertz CT molecular complexity index is 294. The Labute approximate surface area is 127 Å². The van der Waals surface area contributed by atoms with Crippen LogP contribution in [0.1, 0.15) is 0 Å². The van der Waals surface area contributed by atoms with Crippen molar-refractivity contribution in [3.05, 3.63) is 33.3 Å². The van der Waals surface area contributed by atoms with Crippen LogP contribution in [-0.4, -0.2) is 18.1 Å². The SMILES string of the molecule is O=C([O-])C(F)(F)C(F)(F)F.[C-]#[O+].[C-]#[O+].[C-]#[O+].[C-]#[O+].[C-]#[O+].[Re]. The third-order valence-corrected chi connectivity index (χ3v) is 0.612. The number of alkyl halides is 5. The Kier molecular flexibility index (Phi) is 63.2. The van der Waals surface area contributed by atoms with Crippen LogP contribution < -0.4 is 5.11 Å². The third kappa shape index (κ3) is 27.6. The van der Waals surface area contributed by atoms with Crippen LogP contribution in [0.2, 0.25) is 0 Å². The maximum Gasteiger partial charge on any atom is 0 e. The molecule has 0 saturated heterocycles. The molecule has 1 radical (unpaired) electrons. The van der Waals surface area contributed by atoms with Crippen LogP contribution in [0.15, 0.2) is 0 Å². The molecule has 0 fully saturated rings. The van der Waals surface area contributed by atoms with E-state index in [2.05, 4.69) is 33.3 Å². The van der Waals surface area contributed by atoms with Crippen molar-refractivity contribution < 1.29 is 75.5 Å². The molecule has 0 unspecified atom stereocenters. The van der Waals surface area contributed by atoms with Gasteiger partial charge in [0, 0.05) is 20.4 Å². The van der Waals surface area contributed by atoms with Crippen molar-refractivity contribution in [2.24, 2.45) is 0 Å². The zero-order valence-electron chi connectivity index (χ0n) is 9.13. The predicted octanol–water partition coefficient (Wildman–Crippen LogP) is -0.256. The summed E-state index contributed by atoms with van der Waals surface area (Å²) in [5.41, 5.74) is 0. The van der Waals surface area contributed by atoms with E-state index in [1.165, 1.54) is 0 Å². The number of rotatable bonds is 1. The largest absolute Gasteiger partial charge is 0 e. The molecule has 0 aliphatic carbocycles. The van der Waals surface area contributed by atoms with Gasteiger partial charge in [-0.2, -0.15) is 22.0 Å². The standard InChI is InChI=1S/C3HF5O2.5CO.Re/c4-2(5,1(9)10)3(6,7)8;5*1-2;/h(H,9,10);;;;;;/p-1. The number of hydrogen-bond acceptors (Lipinski definition) is 2. The zero-order chi connectivity index (χ0) is 18.6. The summed E-state index contributed by atoms with van der Waals surface area (Å²) in [6.45, 7) is 22.5.